The Labute approximate surface area is 184 Å². The van der Waals surface area contributed by atoms with Crippen molar-refractivity contribution < 1.29 is 33.8 Å². The third kappa shape index (κ3) is 4.77. The van der Waals surface area contributed by atoms with E-state index in [9.17, 15) is 19.2 Å². The molecule has 1 aliphatic rings. The fraction of sp³-hybridized carbons (Fsp3) is 0.217. The molecule has 1 heterocycles. The molecule has 2 N–H and O–H groups in total. The van der Waals surface area contributed by atoms with Gasteiger partial charge in [-0.1, -0.05) is 23.8 Å². The lowest BCUT2D eigenvalue weighted by molar-refractivity contribution is -0.144. The molecule has 2 aromatic carbocycles. The summed E-state index contributed by atoms with van der Waals surface area (Å²) >= 11 is 0. The summed E-state index contributed by atoms with van der Waals surface area (Å²) < 4.78 is 10.9. The molecule has 32 heavy (non-hydrogen) atoms. The number of hydrogen-bond donors (Lipinski definition) is 2. The number of carboxylic acid groups (broad SMARTS) is 1. The number of amides is 4. The molecule has 0 aromatic heterocycles. The number of anilines is 1. The summed E-state index contributed by atoms with van der Waals surface area (Å²) in [6.45, 7) is 5.29. The molecule has 0 radical (unpaired) electrons. The highest BCUT2D eigenvalue weighted by Gasteiger charge is 2.36. The minimum atomic E-state index is -1.14. The summed E-state index contributed by atoms with van der Waals surface area (Å²) in [4.78, 5) is 49.6. The van der Waals surface area contributed by atoms with Gasteiger partial charge in [0.2, 0.25) is 0 Å². The largest absolute Gasteiger partial charge is 0.490 e. The van der Waals surface area contributed by atoms with Crippen molar-refractivity contribution >= 4 is 35.6 Å². The van der Waals surface area contributed by atoms with Crippen molar-refractivity contribution in [3.05, 3.63) is 59.2 Å². The normalized spacial score (nSPS) is 16.0. The molecular formula is C23H22N2O7. The first-order chi connectivity index (χ1) is 15.2. The van der Waals surface area contributed by atoms with Gasteiger partial charge in [-0.05, 0) is 56.7 Å². The molecule has 4 amide bonds. The molecule has 0 spiro atoms. The van der Waals surface area contributed by atoms with Crippen molar-refractivity contribution in [2.75, 3.05) is 11.5 Å². The number of carboxylic acids is 1. The molecular weight excluding hydrogens is 416 g/mol. The number of benzene rings is 2. The molecule has 3 rings (SSSR count). The van der Waals surface area contributed by atoms with Crippen LogP contribution in [0.2, 0.25) is 0 Å². The third-order valence-electron chi connectivity index (χ3n) is 4.62. The molecule has 1 atom stereocenters. The Morgan fingerprint density at radius 2 is 1.81 bits per heavy atom. The lowest BCUT2D eigenvalue weighted by Crippen LogP contribution is -2.54. The van der Waals surface area contributed by atoms with Crippen LogP contribution in [-0.2, 0) is 14.4 Å². The predicted octanol–water partition coefficient (Wildman–Crippen LogP) is 2.91. The number of aryl methyl sites for hydroxylation is 1. The van der Waals surface area contributed by atoms with E-state index >= 15 is 0 Å². The second-order valence-electron chi connectivity index (χ2n) is 7.03. The van der Waals surface area contributed by atoms with Gasteiger partial charge in [0.05, 0.1) is 12.3 Å². The van der Waals surface area contributed by atoms with E-state index in [0.717, 1.165) is 10.5 Å². The second kappa shape index (κ2) is 9.34. The van der Waals surface area contributed by atoms with Crippen LogP contribution < -0.4 is 19.7 Å². The van der Waals surface area contributed by atoms with Crippen LogP contribution in [-0.4, -0.2) is 41.6 Å². The smallest absolute Gasteiger partial charge is 0.344 e. The monoisotopic (exact) mass is 438 g/mol. The number of nitrogens with zero attached hydrogens (tertiary/aromatic N) is 1. The lowest BCUT2D eigenvalue weighted by Gasteiger charge is -2.26. The minimum absolute atomic E-state index is 0.208. The number of carbonyl (C=O) groups excluding carboxylic acids is 3. The maximum atomic E-state index is 13.0. The first-order valence-corrected chi connectivity index (χ1v) is 9.85. The molecule has 0 saturated carbocycles. The van der Waals surface area contributed by atoms with E-state index in [1.54, 1.807) is 37.3 Å². The summed E-state index contributed by atoms with van der Waals surface area (Å²) in [6, 6.07) is 10.5. The molecule has 9 nitrogen and oxygen atoms in total. The van der Waals surface area contributed by atoms with Crippen molar-refractivity contribution in [1.29, 1.82) is 0 Å². The van der Waals surface area contributed by atoms with Crippen LogP contribution in [0.1, 0.15) is 25.0 Å². The highest BCUT2D eigenvalue weighted by Crippen LogP contribution is 2.31. The quantitative estimate of drug-likeness (QED) is 0.503. The fourth-order valence-corrected chi connectivity index (χ4v) is 2.97. The summed E-state index contributed by atoms with van der Waals surface area (Å²) in [7, 11) is 0. The van der Waals surface area contributed by atoms with E-state index in [1.807, 2.05) is 6.92 Å². The van der Waals surface area contributed by atoms with Gasteiger partial charge in [0, 0.05) is 0 Å². The van der Waals surface area contributed by atoms with Gasteiger partial charge in [0.25, 0.3) is 11.8 Å². The maximum Gasteiger partial charge on any atom is 0.344 e. The second-order valence-corrected chi connectivity index (χ2v) is 7.03. The molecule has 2 aromatic rings. The number of barbiturate groups is 1. The minimum Gasteiger partial charge on any atom is -0.490 e. The zero-order valence-corrected chi connectivity index (χ0v) is 17.7. The summed E-state index contributed by atoms with van der Waals surface area (Å²) in [6.07, 6.45) is 0.233. The molecule has 166 valence electrons. The molecule has 1 aliphatic heterocycles. The SMILES string of the molecule is CCOc1cc(/C=C2/C(=O)NC(=O)N(c3ccc(C)cc3)C2=O)ccc1O[C@H](C)C(=O)O. The van der Waals surface area contributed by atoms with E-state index in [4.69, 9.17) is 14.6 Å². The standard InChI is InChI=1S/C23H22N2O7/c1-4-31-19-12-15(7-10-18(19)32-14(3)22(28)29)11-17-20(26)24-23(30)25(21(17)27)16-8-5-13(2)6-9-16/h5-12,14H,4H2,1-3H3,(H,28,29)(H,24,26,30)/b17-11-/t14-/m1/s1. The van der Waals surface area contributed by atoms with Gasteiger partial charge in [0.1, 0.15) is 5.57 Å². The van der Waals surface area contributed by atoms with E-state index in [0.29, 0.717) is 11.3 Å². The Balaban J connectivity index is 1.96. The molecule has 1 saturated heterocycles. The van der Waals surface area contributed by atoms with Crippen LogP contribution >= 0.6 is 0 Å². The van der Waals surface area contributed by atoms with Crippen molar-refractivity contribution in [3.8, 4) is 11.5 Å². The van der Waals surface area contributed by atoms with Crippen LogP contribution in [0.15, 0.2) is 48.0 Å². The van der Waals surface area contributed by atoms with Crippen molar-refractivity contribution in [2.24, 2.45) is 0 Å². The van der Waals surface area contributed by atoms with Crippen molar-refractivity contribution in [1.82, 2.24) is 5.32 Å². The number of urea groups is 1. The van der Waals surface area contributed by atoms with Crippen LogP contribution in [0.25, 0.3) is 6.08 Å². The molecule has 0 aliphatic carbocycles. The molecule has 9 heteroatoms. The zero-order chi connectivity index (χ0) is 23.4. The van der Waals surface area contributed by atoms with E-state index in [2.05, 4.69) is 5.32 Å². The van der Waals surface area contributed by atoms with Crippen LogP contribution in [0.3, 0.4) is 0 Å². The number of aliphatic carboxylic acids is 1. The Morgan fingerprint density at radius 3 is 2.44 bits per heavy atom. The highest BCUT2D eigenvalue weighted by molar-refractivity contribution is 6.39. The Bertz CT molecular complexity index is 1110. The van der Waals surface area contributed by atoms with E-state index < -0.39 is 29.9 Å². The Morgan fingerprint density at radius 1 is 1.12 bits per heavy atom. The Kier molecular flexibility index (Phi) is 6.58. The maximum absolute atomic E-state index is 13.0. The lowest BCUT2D eigenvalue weighted by atomic mass is 10.1. The molecule has 0 bridgehead atoms. The van der Waals surface area contributed by atoms with E-state index in [-0.39, 0.29) is 23.7 Å². The number of nitrogens with one attached hydrogen (secondary N) is 1. The molecule has 0 unspecified atom stereocenters. The van der Waals surface area contributed by atoms with E-state index in [1.165, 1.54) is 25.1 Å². The average Bonchev–Trinajstić information content (AvgIpc) is 2.74. The highest BCUT2D eigenvalue weighted by atomic mass is 16.5. The van der Waals surface area contributed by atoms with Gasteiger partial charge in [-0.15, -0.1) is 0 Å². The van der Waals surface area contributed by atoms with Gasteiger partial charge in [-0.3, -0.25) is 14.9 Å². The van der Waals surface area contributed by atoms with Crippen molar-refractivity contribution in [2.45, 2.75) is 26.9 Å². The third-order valence-corrected chi connectivity index (χ3v) is 4.62. The number of rotatable bonds is 7. The first-order valence-electron chi connectivity index (χ1n) is 9.85. The van der Waals surface area contributed by atoms with Crippen LogP contribution in [0, 0.1) is 6.92 Å². The van der Waals surface area contributed by atoms with Crippen LogP contribution in [0.4, 0.5) is 10.5 Å². The van der Waals surface area contributed by atoms with Gasteiger partial charge in [-0.2, -0.15) is 0 Å². The number of hydrogen-bond acceptors (Lipinski definition) is 6. The number of ether oxygens (including phenoxy) is 2. The number of imide groups is 2. The average molecular weight is 438 g/mol. The molecule has 1 fully saturated rings. The van der Waals surface area contributed by atoms with Crippen molar-refractivity contribution in [3.63, 3.8) is 0 Å². The fourth-order valence-electron chi connectivity index (χ4n) is 2.97. The van der Waals surface area contributed by atoms with Gasteiger partial charge in [0.15, 0.2) is 17.6 Å². The summed E-state index contributed by atoms with van der Waals surface area (Å²) in [5.74, 6) is -2.25. The van der Waals surface area contributed by atoms with Gasteiger partial charge in [-0.25, -0.2) is 14.5 Å². The topological polar surface area (TPSA) is 122 Å². The van der Waals surface area contributed by atoms with Gasteiger partial charge >= 0.3 is 12.0 Å². The zero-order valence-electron chi connectivity index (χ0n) is 17.7. The first kappa shape index (κ1) is 22.5. The predicted molar refractivity (Wildman–Crippen MR) is 116 cm³/mol. The van der Waals surface area contributed by atoms with Gasteiger partial charge < -0.3 is 14.6 Å². The summed E-state index contributed by atoms with van der Waals surface area (Å²) in [5, 5.41) is 11.2. The summed E-state index contributed by atoms with van der Waals surface area (Å²) in [5.41, 5.74) is 1.48. The number of carbonyl (C=O) groups is 4. The van der Waals surface area contributed by atoms with Crippen LogP contribution in [0.5, 0.6) is 11.5 Å². The Hall–Kier alpha value is -4.14.